The first-order valence-electron chi connectivity index (χ1n) is 6.29. The van der Waals surface area contributed by atoms with Crippen molar-refractivity contribution in [3.63, 3.8) is 0 Å². The van der Waals surface area contributed by atoms with Gasteiger partial charge in [-0.1, -0.05) is 61.2 Å². The molecule has 0 unspecified atom stereocenters. The Bertz CT molecular complexity index is 756. The predicted octanol–water partition coefficient (Wildman–Crippen LogP) is 4.73. The van der Waals surface area contributed by atoms with Crippen molar-refractivity contribution < 1.29 is 0 Å². The highest BCUT2D eigenvalue weighted by molar-refractivity contribution is 6.02. The van der Waals surface area contributed by atoms with Gasteiger partial charge in [0.2, 0.25) is 0 Å². The summed E-state index contributed by atoms with van der Waals surface area (Å²) in [5.74, 6) is 0. The van der Waals surface area contributed by atoms with Gasteiger partial charge in [0.15, 0.2) is 0 Å². The van der Waals surface area contributed by atoms with E-state index >= 15 is 0 Å². The topological polar surface area (TPSA) is 26.0 Å². The molecule has 0 heterocycles. The van der Waals surface area contributed by atoms with Crippen LogP contribution < -0.4 is 5.73 Å². The molecule has 0 radical (unpaired) electrons. The van der Waals surface area contributed by atoms with Crippen molar-refractivity contribution in [1.29, 1.82) is 0 Å². The highest BCUT2D eigenvalue weighted by Gasteiger charge is 2.07. The number of rotatable bonds is 2. The second kappa shape index (κ2) is 4.62. The maximum Gasteiger partial charge on any atom is 0.0400 e. The summed E-state index contributed by atoms with van der Waals surface area (Å²) < 4.78 is 0. The first kappa shape index (κ1) is 11.5. The number of hydrogen-bond acceptors (Lipinski definition) is 1. The molecule has 0 saturated carbocycles. The molecule has 92 valence electrons. The van der Waals surface area contributed by atoms with E-state index in [9.17, 15) is 0 Å². The maximum atomic E-state index is 6.18. The summed E-state index contributed by atoms with van der Waals surface area (Å²) in [5, 5.41) is 2.39. The van der Waals surface area contributed by atoms with Crippen molar-refractivity contribution in [3.05, 3.63) is 72.8 Å². The van der Waals surface area contributed by atoms with Gasteiger partial charge >= 0.3 is 0 Å². The zero-order valence-electron chi connectivity index (χ0n) is 10.6. The molecule has 1 heteroatoms. The van der Waals surface area contributed by atoms with Crippen molar-refractivity contribution in [3.8, 4) is 11.1 Å². The molecule has 0 spiro atoms. The Morgan fingerprint density at radius 2 is 1.74 bits per heavy atom. The minimum atomic E-state index is 0.805. The fraction of sp³-hybridized carbons (Fsp3) is 0. The van der Waals surface area contributed by atoms with Crippen molar-refractivity contribution in [2.24, 2.45) is 0 Å². The van der Waals surface area contributed by atoms with Crippen LogP contribution in [0.4, 0.5) is 5.69 Å². The van der Waals surface area contributed by atoms with Crippen LogP contribution in [-0.4, -0.2) is 0 Å². The third-order valence-corrected chi connectivity index (χ3v) is 3.37. The first-order chi connectivity index (χ1) is 9.29. The Balaban J connectivity index is 2.34. The molecule has 3 aromatic rings. The van der Waals surface area contributed by atoms with Crippen molar-refractivity contribution in [1.82, 2.24) is 0 Å². The van der Waals surface area contributed by atoms with Gasteiger partial charge in [0.25, 0.3) is 0 Å². The van der Waals surface area contributed by atoms with Gasteiger partial charge in [-0.05, 0) is 34.0 Å². The largest absolute Gasteiger partial charge is 0.398 e. The van der Waals surface area contributed by atoms with E-state index in [-0.39, 0.29) is 0 Å². The zero-order valence-corrected chi connectivity index (χ0v) is 10.6. The second-order valence-electron chi connectivity index (χ2n) is 4.58. The Morgan fingerprint density at radius 3 is 2.58 bits per heavy atom. The number of nitrogen functional groups attached to an aromatic ring is 1. The van der Waals surface area contributed by atoms with Crippen LogP contribution >= 0.6 is 0 Å². The number of anilines is 1. The molecule has 0 aliphatic rings. The van der Waals surface area contributed by atoms with Gasteiger partial charge in [0.05, 0.1) is 0 Å². The molecular weight excluding hydrogens is 230 g/mol. The lowest BCUT2D eigenvalue weighted by Gasteiger charge is -2.11. The summed E-state index contributed by atoms with van der Waals surface area (Å²) in [4.78, 5) is 0. The standard InChI is InChI=1S/C18H15N/c1-2-13-6-5-8-15(12-13)18-16-9-4-3-7-14(16)10-11-17(18)19/h2-12H,1,19H2. The van der Waals surface area contributed by atoms with Gasteiger partial charge in [-0.2, -0.15) is 0 Å². The molecule has 19 heavy (non-hydrogen) atoms. The fourth-order valence-electron chi connectivity index (χ4n) is 2.43. The lowest BCUT2D eigenvalue weighted by molar-refractivity contribution is 1.62. The van der Waals surface area contributed by atoms with Crippen LogP contribution in [-0.2, 0) is 0 Å². The van der Waals surface area contributed by atoms with Crippen LogP contribution in [0.2, 0.25) is 0 Å². The molecule has 0 amide bonds. The van der Waals surface area contributed by atoms with Gasteiger partial charge < -0.3 is 5.73 Å². The molecule has 0 saturated heterocycles. The number of fused-ring (bicyclic) bond motifs is 1. The van der Waals surface area contributed by atoms with Gasteiger partial charge in [-0.15, -0.1) is 0 Å². The lowest BCUT2D eigenvalue weighted by Crippen LogP contribution is -1.91. The minimum Gasteiger partial charge on any atom is -0.398 e. The Hall–Kier alpha value is -2.54. The van der Waals surface area contributed by atoms with Crippen LogP contribution in [0.25, 0.3) is 28.0 Å². The lowest BCUT2D eigenvalue weighted by atomic mass is 9.95. The van der Waals surface area contributed by atoms with Crippen molar-refractivity contribution in [2.45, 2.75) is 0 Å². The van der Waals surface area contributed by atoms with E-state index < -0.39 is 0 Å². The molecule has 0 aliphatic carbocycles. The summed E-state index contributed by atoms with van der Waals surface area (Å²) in [5.41, 5.74) is 10.3. The van der Waals surface area contributed by atoms with E-state index in [1.165, 1.54) is 10.8 Å². The van der Waals surface area contributed by atoms with E-state index in [0.717, 1.165) is 22.4 Å². The average molecular weight is 245 g/mol. The zero-order chi connectivity index (χ0) is 13.2. The quantitative estimate of drug-likeness (QED) is 0.649. The molecule has 0 bridgehead atoms. The van der Waals surface area contributed by atoms with Crippen LogP contribution in [0.5, 0.6) is 0 Å². The molecule has 0 aromatic heterocycles. The Labute approximate surface area is 113 Å². The summed E-state index contributed by atoms with van der Waals surface area (Å²) in [6.07, 6.45) is 1.85. The number of nitrogens with two attached hydrogens (primary N) is 1. The summed E-state index contributed by atoms with van der Waals surface area (Å²) in [7, 11) is 0. The molecular formula is C18H15N. The van der Waals surface area contributed by atoms with Crippen LogP contribution in [0.1, 0.15) is 5.56 Å². The van der Waals surface area contributed by atoms with Gasteiger partial charge in [-0.3, -0.25) is 0 Å². The molecule has 0 atom stereocenters. The molecule has 1 nitrogen and oxygen atoms in total. The number of hydrogen-bond donors (Lipinski definition) is 1. The summed E-state index contributed by atoms with van der Waals surface area (Å²) in [6, 6.07) is 20.6. The number of benzene rings is 3. The molecule has 0 fully saturated rings. The highest BCUT2D eigenvalue weighted by atomic mass is 14.6. The third-order valence-electron chi connectivity index (χ3n) is 3.37. The predicted molar refractivity (Wildman–Crippen MR) is 83.9 cm³/mol. The minimum absolute atomic E-state index is 0.805. The highest BCUT2D eigenvalue weighted by Crippen LogP contribution is 2.34. The van der Waals surface area contributed by atoms with E-state index in [1.807, 2.05) is 36.4 Å². The first-order valence-corrected chi connectivity index (χ1v) is 6.29. The van der Waals surface area contributed by atoms with E-state index in [2.05, 4.69) is 36.9 Å². The molecule has 3 aromatic carbocycles. The average Bonchev–Trinajstić information content (AvgIpc) is 2.47. The molecule has 2 N–H and O–H groups in total. The normalized spacial score (nSPS) is 10.5. The van der Waals surface area contributed by atoms with Crippen molar-refractivity contribution >= 4 is 22.5 Å². The SMILES string of the molecule is C=Cc1cccc(-c2c(N)ccc3ccccc23)c1. The van der Waals surface area contributed by atoms with Crippen LogP contribution in [0.3, 0.4) is 0 Å². The summed E-state index contributed by atoms with van der Waals surface area (Å²) in [6.45, 7) is 3.82. The van der Waals surface area contributed by atoms with Crippen molar-refractivity contribution in [2.75, 3.05) is 5.73 Å². The maximum absolute atomic E-state index is 6.18. The van der Waals surface area contributed by atoms with E-state index in [1.54, 1.807) is 0 Å². The third kappa shape index (κ3) is 2.00. The van der Waals surface area contributed by atoms with Gasteiger partial charge in [0, 0.05) is 11.3 Å². The smallest absolute Gasteiger partial charge is 0.0400 e. The Kier molecular flexibility index (Phi) is 2.81. The summed E-state index contributed by atoms with van der Waals surface area (Å²) >= 11 is 0. The van der Waals surface area contributed by atoms with E-state index in [4.69, 9.17) is 5.73 Å². The fourth-order valence-corrected chi connectivity index (χ4v) is 2.43. The van der Waals surface area contributed by atoms with Crippen LogP contribution in [0.15, 0.2) is 67.2 Å². The Morgan fingerprint density at radius 1 is 0.895 bits per heavy atom. The van der Waals surface area contributed by atoms with Gasteiger partial charge in [0.1, 0.15) is 0 Å². The van der Waals surface area contributed by atoms with E-state index in [0.29, 0.717) is 0 Å². The molecule has 3 rings (SSSR count). The van der Waals surface area contributed by atoms with Crippen LogP contribution in [0, 0.1) is 0 Å². The molecule has 0 aliphatic heterocycles. The van der Waals surface area contributed by atoms with Gasteiger partial charge in [-0.25, -0.2) is 0 Å². The monoisotopic (exact) mass is 245 g/mol. The second-order valence-corrected chi connectivity index (χ2v) is 4.58.